The monoisotopic (exact) mass is 242 g/mol. The minimum absolute atomic E-state index is 0.809. The quantitative estimate of drug-likeness (QED) is 0.831. The second-order valence-electron chi connectivity index (χ2n) is 5.80. The molecule has 0 saturated carbocycles. The Hall–Kier alpha value is -1.28. The van der Waals surface area contributed by atoms with Gasteiger partial charge in [-0.2, -0.15) is 0 Å². The van der Waals surface area contributed by atoms with E-state index in [2.05, 4.69) is 43.2 Å². The summed E-state index contributed by atoms with van der Waals surface area (Å²) in [4.78, 5) is 3.56. The van der Waals surface area contributed by atoms with Gasteiger partial charge >= 0.3 is 0 Å². The van der Waals surface area contributed by atoms with Crippen LogP contribution in [0.15, 0.2) is 12.1 Å². The summed E-state index contributed by atoms with van der Waals surface area (Å²) in [5.74, 6) is 0.809. The van der Waals surface area contributed by atoms with E-state index < -0.39 is 0 Å². The summed E-state index contributed by atoms with van der Waals surface area (Å²) in [6.45, 7) is 8.98. The number of rotatable bonds is 2. The zero-order valence-corrected chi connectivity index (χ0v) is 11.6. The standard InChI is InChI=1S/C16H22N2/c1-10-6-11(2)16-14(8-13-4-5-17-9-13)12(3)18-15(16)7-10/h6-7,13,17-18H,4-5,8-9H2,1-3H3. The molecule has 1 aliphatic heterocycles. The average molecular weight is 242 g/mol. The van der Waals surface area contributed by atoms with Crippen LogP contribution in [0.25, 0.3) is 10.9 Å². The number of aromatic amines is 1. The molecule has 1 saturated heterocycles. The first kappa shape index (κ1) is 11.8. The Kier molecular flexibility index (Phi) is 2.90. The zero-order chi connectivity index (χ0) is 12.7. The van der Waals surface area contributed by atoms with E-state index in [1.54, 1.807) is 0 Å². The third kappa shape index (κ3) is 1.95. The van der Waals surface area contributed by atoms with Gasteiger partial charge < -0.3 is 10.3 Å². The second kappa shape index (κ2) is 4.43. The zero-order valence-electron chi connectivity index (χ0n) is 11.6. The Bertz CT molecular complexity index is 574. The molecule has 3 rings (SSSR count). The van der Waals surface area contributed by atoms with Crippen LogP contribution in [0.2, 0.25) is 0 Å². The van der Waals surface area contributed by atoms with Gasteiger partial charge in [0.2, 0.25) is 0 Å². The Labute approximate surface area is 109 Å². The van der Waals surface area contributed by atoms with Crippen LogP contribution in [0, 0.1) is 26.7 Å². The summed E-state index contributed by atoms with van der Waals surface area (Å²) >= 11 is 0. The molecular weight excluding hydrogens is 220 g/mol. The van der Waals surface area contributed by atoms with E-state index in [0.717, 1.165) is 5.92 Å². The fourth-order valence-corrected chi connectivity index (χ4v) is 3.36. The van der Waals surface area contributed by atoms with Gasteiger partial charge in [0.1, 0.15) is 0 Å². The molecule has 96 valence electrons. The van der Waals surface area contributed by atoms with Crippen LogP contribution in [-0.4, -0.2) is 18.1 Å². The topological polar surface area (TPSA) is 27.8 Å². The lowest BCUT2D eigenvalue weighted by atomic mass is 9.94. The second-order valence-corrected chi connectivity index (χ2v) is 5.80. The first-order valence-electron chi connectivity index (χ1n) is 6.94. The van der Waals surface area contributed by atoms with Gasteiger partial charge in [-0.1, -0.05) is 6.07 Å². The minimum atomic E-state index is 0.809. The molecule has 2 N–H and O–H groups in total. The highest BCUT2D eigenvalue weighted by Crippen LogP contribution is 2.29. The van der Waals surface area contributed by atoms with E-state index in [-0.39, 0.29) is 0 Å². The van der Waals surface area contributed by atoms with E-state index in [9.17, 15) is 0 Å². The van der Waals surface area contributed by atoms with Crippen molar-refractivity contribution in [3.63, 3.8) is 0 Å². The van der Waals surface area contributed by atoms with Gasteiger partial charge in [0.05, 0.1) is 0 Å². The molecule has 18 heavy (non-hydrogen) atoms. The molecule has 0 radical (unpaired) electrons. The Morgan fingerprint density at radius 3 is 2.78 bits per heavy atom. The number of aryl methyl sites for hydroxylation is 3. The van der Waals surface area contributed by atoms with Crippen molar-refractivity contribution < 1.29 is 0 Å². The van der Waals surface area contributed by atoms with E-state index in [0.29, 0.717) is 0 Å². The van der Waals surface area contributed by atoms with E-state index >= 15 is 0 Å². The van der Waals surface area contributed by atoms with Gasteiger partial charge in [-0.05, 0) is 75.4 Å². The van der Waals surface area contributed by atoms with Crippen LogP contribution in [0.4, 0.5) is 0 Å². The van der Waals surface area contributed by atoms with Crippen molar-refractivity contribution in [2.75, 3.05) is 13.1 Å². The molecule has 0 spiro atoms. The van der Waals surface area contributed by atoms with Crippen molar-refractivity contribution in [1.82, 2.24) is 10.3 Å². The minimum Gasteiger partial charge on any atom is -0.358 e. The number of hydrogen-bond donors (Lipinski definition) is 2. The van der Waals surface area contributed by atoms with E-state index in [4.69, 9.17) is 0 Å². The molecule has 0 aliphatic carbocycles. The molecule has 0 amide bonds. The summed E-state index contributed by atoms with van der Waals surface area (Å²) in [6, 6.07) is 4.57. The Morgan fingerprint density at radius 2 is 2.06 bits per heavy atom. The van der Waals surface area contributed by atoms with Gasteiger partial charge in [-0.15, -0.1) is 0 Å². The smallest absolute Gasteiger partial charge is 0.0464 e. The maximum atomic E-state index is 3.56. The van der Waals surface area contributed by atoms with Crippen molar-refractivity contribution in [1.29, 1.82) is 0 Å². The molecule has 2 heteroatoms. The third-order valence-electron chi connectivity index (χ3n) is 4.21. The number of H-pyrrole nitrogens is 1. The summed E-state index contributed by atoms with van der Waals surface area (Å²) in [7, 11) is 0. The van der Waals surface area contributed by atoms with Gasteiger partial charge in [0.25, 0.3) is 0 Å². The number of aromatic nitrogens is 1. The maximum absolute atomic E-state index is 3.56. The summed E-state index contributed by atoms with van der Waals surface area (Å²) in [6.07, 6.45) is 2.53. The van der Waals surface area contributed by atoms with Crippen LogP contribution in [0.3, 0.4) is 0 Å². The molecule has 2 nitrogen and oxygen atoms in total. The fourth-order valence-electron chi connectivity index (χ4n) is 3.36. The SMILES string of the molecule is Cc1cc(C)c2c(CC3CCNC3)c(C)[nH]c2c1. The molecule has 1 aliphatic rings. The highest BCUT2D eigenvalue weighted by atomic mass is 14.9. The molecule has 1 fully saturated rings. The average Bonchev–Trinajstić information content (AvgIpc) is 2.88. The number of nitrogens with one attached hydrogen (secondary N) is 2. The summed E-state index contributed by atoms with van der Waals surface area (Å²) in [5, 5.41) is 4.93. The van der Waals surface area contributed by atoms with E-state index in [1.165, 1.54) is 59.2 Å². The predicted octanol–water partition coefficient (Wildman–Crippen LogP) is 3.25. The third-order valence-corrected chi connectivity index (χ3v) is 4.21. The van der Waals surface area contributed by atoms with Gasteiger partial charge in [0.15, 0.2) is 0 Å². The molecule has 1 unspecified atom stereocenters. The summed E-state index contributed by atoms with van der Waals surface area (Å²) in [5.41, 5.74) is 6.96. The van der Waals surface area contributed by atoms with Gasteiger partial charge in [-0.25, -0.2) is 0 Å². The van der Waals surface area contributed by atoms with Gasteiger partial charge in [-0.3, -0.25) is 0 Å². The molecule has 1 aromatic heterocycles. The maximum Gasteiger partial charge on any atom is 0.0464 e. The van der Waals surface area contributed by atoms with Crippen molar-refractivity contribution >= 4 is 10.9 Å². The lowest BCUT2D eigenvalue weighted by Gasteiger charge is -2.09. The fraction of sp³-hybridized carbons (Fsp3) is 0.500. The van der Waals surface area contributed by atoms with Crippen molar-refractivity contribution in [2.45, 2.75) is 33.6 Å². The highest BCUT2D eigenvalue weighted by Gasteiger charge is 2.19. The lowest BCUT2D eigenvalue weighted by Crippen LogP contribution is -2.11. The first-order chi connectivity index (χ1) is 8.65. The van der Waals surface area contributed by atoms with Crippen LogP contribution >= 0.6 is 0 Å². The van der Waals surface area contributed by atoms with Crippen molar-refractivity contribution in [3.8, 4) is 0 Å². The lowest BCUT2D eigenvalue weighted by molar-refractivity contribution is 0.580. The van der Waals surface area contributed by atoms with Gasteiger partial charge in [0, 0.05) is 16.6 Å². The molecule has 1 atom stereocenters. The molecule has 1 aromatic carbocycles. The van der Waals surface area contributed by atoms with Crippen molar-refractivity contribution in [2.24, 2.45) is 5.92 Å². The number of fused-ring (bicyclic) bond motifs is 1. The van der Waals surface area contributed by atoms with Crippen LogP contribution in [-0.2, 0) is 6.42 Å². The summed E-state index contributed by atoms with van der Waals surface area (Å²) < 4.78 is 0. The van der Waals surface area contributed by atoms with Crippen molar-refractivity contribution in [3.05, 3.63) is 34.5 Å². The predicted molar refractivity (Wildman–Crippen MR) is 77.2 cm³/mol. The Balaban J connectivity index is 2.07. The van der Waals surface area contributed by atoms with Crippen LogP contribution < -0.4 is 5.32 Å². The molecule has 0 bridgehead atoms. The Morgan fingerprint density at radius 1 is 1.22 bits per heavy atom. The van der Waals surface area contributed by atoms with E-state index in [1.807, 2.05) is 0 Å². The molecule has 2 heterocycles. The number of hydrogen-bond acceptors (Lipinski definition) is 1. The number of benzene rings is 1. The molecular formula is C16H22N2. The largest absolute Gasteiger partial charge is 0.358 e. The van der Waals surface area contributed by atoms with Crippen LogP contribution in [0.5, 0.6) is 0 Å². The first-order valence-corrected chi connectivity index (χ1v) is 6.94. The highest BCUT2D eigenvalue weighted by molar-refractivity contribution is 5.88. The normalized spacial score (nSPS) is 19.8. The van der Waals surface area contributed by atoms with Crippen LogP contribution in [0.1, 0.15) is 28.8 Å². The molecule has 2 aromatic rings.